The molecule has 2 rings (SSSR count). The molecule has 3 N–H and O–H groups in total. The van der Waals surface area contributed by atoms with Crippen molar-refractivity contribution in [1.29, 1.82) is 0 Å². The number of carbonyl (C=O) groups excluding carboxylic acids is 1. The van der Waals surface area contributed by atoms with Crippen LogP contribution in [0.5, 0.6) is 5.75 Å². The van der Waals surface area contributed by atoms with Gasteiger partial charge in [0, 0.05) is 31.7 Å². The highest BCUT2D eigenvalue weighted by Crippen LogP contribution is 2.17. The molecule has 1 saturated heterocycles. The van der Waals surface area contributed by atoms with Gasteiger partial charge in [0.15, 0.2) is 0 Å². The highest BCUT2D eigenvalue weighted by atomic mass is 35.5. The molecule has 142 valence electrons. The lowest BCUT2D eigenvalue weighted by Crippen LogP contribution is -2.40. The molecule has 0 bridgehead atoms. The number of hydrogen-bond acceptors (Lipinski definition) is 5. The number of amides is 1. The Morgan fingerprint density at radius 2 is 2.08 bits per heavy atom. The Balaban J connectivity index is 0.00000312. The van der Waals surface area contributed by atoms with Crippen molar-refractivity contribution in [3.8, 4) is 5.75 Å². The first kappa shape index (κ1) is 21.7. The molecular weight excluding hydrogens is 342 g/mol. The monoisotopic (exact) mass is 371 g/mol. The number of ether oxygens (including phenoxy) is 2. The first-order valence-corrected chi connectivity index (χ1v) is 8.74. The zero-order chi connectivity index (χ0) is 17.2. The summed E-state index contributed by atoms with van der Waals surface area (Å²) in [4.78, 5) is 14.3. The Kier molecular flexibility index (Phi) is 10.5. The maximum absolute atomic E-state index is 11.9. The fraction of sp³-hybridized carbons (Fsp3) is 0.611. The van der Waals surface area contributed by atoms with Crippen LogP contribution >= 0.6 is 12.4 Å². The minimum Gasteiger partial charge on any atom is -0.492 e. The molecule has 1 amide bonds. The standard InChI is InChI=1S/C18H29N3O3.ClH/c1-2-5-16(19)18(22)20-14-15-6-3-4-7-17(15)24-13-10-21-8-11-23-12-9-21;/h3-4,6-7,16H,2,5,8-14,19H2,1H3,(H,20,22);1H. The third-order valence-corrected chi connectivity index (χ3v) is 4.13. The molecule has 0 saturated carbocycles. The smallest absolute Gasteiger partial charge is 0.237 e. The van der Waals surface area contributed by atoms with Gasteiger partial charge in [-0.1, -0.05) is 31.5 Å². The lowest BCUT2D eigenvalue weighted by molar-refractivity contribution is -0.122. The first-order chi connectivity index (χ1) is 11.7. The second-order valence-corrected chi connectivity index (χ2v) is 6.02. The van der Waals surface area contributed by atoms with E-state index in [0.717, 1.165) is 50.6 Å². The number of rotatable bonds is 9. The predicted octanol–water partition coefficient (Wildman–Crippen LogP) is 1.56. The predicted molar refractivity (Wildman–Crippen MR) is 101 cm³/mol. The molecule has 0 radical (unpaired) electrons. The molecule has 1 aliphatic rings. The summed E-state index contributed by atoms with van der Waals surface area (Å²) in [7, 11) is 0. The maximum Gasteiger partial charge on any atom is 0.237 e. The largest absolute Gasteiger partial charge is 0.492 e. The van der Waals surface area contributed by atoms with Crippen LogP contribution in [0.15, 0.2) is 24.3 Å². The van der Waals surface area contributed by atoms with Crippen molar-refractivity contribution in [3.05, 3.63) is 29.8 Å². The van der Waals surface area contributed by atoms with E-state index in [0.29, 0.717) is 19.6 Å². The van der Waals surface area contributed by atoms with E-state index in [1.807, 2.05) is 31.2 Å². The summed E-state index contributed by atoms with van der Waals surface area (Å²) >= 11 is 0. The van der Waals surface area contributed by atoms with Crippen molar-refractivity contribution in [1.82, 2.24) is 10.2 Å². The van der Waals surface area contributed by atoms with Gasteiger partial charge in [0.25, 0.3) is 0 Å². The average molecular weight is 372 g/mol. The highest BCUT2D eigenvalue weighted by molar-refractivity contribution is 5.85. The summed E-state index contributed by atoms with van der Waals surface area (Å²) in [5.41, 5.74) is 6.80. The van der Waals surface area contributed by atoms with Crippen LogP contribution < -0.4 is 15.8 Å². The maximum atomic E-state index is 11.9. The summed E-state index contributed by atoms with van der Waals surface area (Å²) in [6.07, 6.45) is 1.60. The topological polar surface area (TPSA) is 76.8 Å². The number of para-hydroxylation sites is 1. The molecule has 7 heteroatoms. The number of nitrogens with one attached hydrogen (secondary N) is 1. The minimum atomic E-state index is -0.440. The number of benzene rings is 1. The molecule has 0 aliphatic carbocycles. The van der Waals surface area contributed by atoms with Crippen molar-refractivity contribution >= 4 is 18.3 Å². The molecule has 0 aromatic heterocycles. The van der Waals surface area contributed by atoms with Gasteiger partial charge in [0.1, 0.15) is 12.4 Å². The summed E-state index contributed by atoms with van der Waals surface area (Å²) in [5.74, 6) is 0.704. The third kappa shape index (κ3) is 7.61. The van der Waals surface area contributed by atoms with Crippen LogP contribution in [0.4, 0.5) is 0 Å². The van der Waals surface area contributed by atoms with E-state index in [9.17, 15) is 4.79 Å². The number of morpholine rings is 1. The van der Waals surface area contributed by atoms with E-state index >= 15 is 0 Å². The summed E-state index contributed by atoms with van der Waals surface area (Å²) in [6, 6.07) is 7.35. The summed E-state index contributed by atoms with van der Waals surface area (Å²) < 4.78 is 11.3. The lowest BCUT2D eigenvalue weighted by Gasteiger charge is -2.26. The Hall–Kier alpha value is -1.34. The van der Waals surface area contributed by atoms with Crippen LogP contribution in [0.25, 0.3) is 0 Å². The Bertz CT molecular complexity index is 510. The second kappa shape index (κ2) is 12.1. The average Bonchev–Trinajstić information content (AvgIpc) is 2.61. The normalized spacial score (nSPS) is 15.9. The molecule has 1 fully saturated rings. The van der Waals surface area contributed by atoms with Crippen LogP contribution in [0.1, 0.15) is 25.3 Å². The molecule has 1 atom stereocenters. The Morgan fingerprint density at radius 3 is 2.80 bits per heavy atom. The molecule has 6 nitrogen and oxygen atoms in total. The fourth-order valence-corrected chi connectivity index (χ4v) is 2.66. The van der Waals surface area contributed by atoms with Crippen molar-refractivity contribution in [3.63, 3.8) is 0 Å². The molecule has 1 aliphatic heterocycles. The van der Waals surface area contributed by atoms with Gasteiger partial charge in [0.2, 0.25) is 5.91 Å². The van der Waals surface area contributed by atoms with Gasteiger partial charge in [-0.25, -0.2) is 0 Å². The van der Waals surface area contributed by atoms with E-state index in [4.69, 9.17) is 15.2 Å². The summed E-state index contributed by atoms with van der Waals surface area (Å²) in [6.45, 7) is 7.45. The van der Waals surface area contributed by atoms with Crippen molar-refractivity contribution < 1.29 is 14.3 Å². The molecule has 1 aromatic carbocycles. The third-order valence-electron chi connectivity index (χ3n) is 4.13. The minimum absolute atomic E-state index is 0. The number of halogens is 1. The van der Waals surface area contributed by atoms with Gasteiger partial charge in [-0.3, -0.25) is 9.69 Å². The van der Waals surface area contributed by atoms with Crippen molar-refractivity contribution in [2.75, 3.05) is 39.5 Å². The SMILES string of the molecule is CCCC(N)C(=O)NCc1ccccc1OCCN1CCOCC1.Cl. The van der Waals surface area contributed by atoms with Gasteiger partial charge < -0.3 is 20.5 Å². The zero-order valence-electron chi connectivity index (χ0n) is 14.9. The highest BCUT2D eigenvalue weighted by Gasteiger charge is 2.13. The van der Waals surface area contributed by atoms with Crippen LogP contribution in [-0.4, -0.2) is 56.3 Å². The molecule has 1 unspecified atom stereocenters. The molecular formula is C18H30ClN3O3. The van der Waals surface area contributed by atoms with E-state index in [1.165, 1.54) is 0 Å². The van der Waals surface area contributed by atoms with Gasteiger partial charge in [-0.2, -0.15) is 0 Å². The van der Waals surface area contributed by atoms with Crippen LogP contribution in [-0.2, 0) is 16.1 Å². The van der Waals surface area contributed by atoms with Gasteiger partial charge >= 0.3 is 0 Å². The van der Waals surface area contributed by atoms with E-state index in [1.54, 1.807) is 0 Å². The zero-order valence-corrected chi connectivity index (χ0v) is 15.7. The molecule has 25 heavy (non-hydrogen) atoms. The Morgan fingerprint density at radius 1 is 1.36 bits per heavy atom. The number of carbonyl (C=O) groups is 1. The summed E-state index contributed by atoms with van der Waals surface area (Å²) in [5, 5.41) is 2.89. The van der Waals surface area contributed by atoms with Crippen molar-refractivity contribution in [2.45, 2.75) is 32.4 Å². The number of nitrogens with zero attached hydrogens (tertiary/aromatic N) is 1. The van der Waals surface area contributed by atoms with Gasteiger partial charge in [-0.15, -0.1) is 12.4 Å². The number of nitrogens with two attached hydrogens (primary N) is 1. The van der Waals surface area contributed by atoms with Crippen molar-refractivity contribution in [2.24, 2.45) is 5.73 Å². The van der Waals surface area contributed by atoms with Crippen LogP contribution in [0.2, 0.25) is 0 Å². The quantitative estimate of drug-likeness (QED) is 0.689. The van der Waals surface area contributed by atoms with E-state index < -0.39 is 6.04 Å². The molecule has 1 aromatic rings. The van der Waals surface area contributed by atoms with Crippen LogP contribution in [0.3, 0.4) is 0 Å². The van der Waals surface area contributed by atoms with Gasteiger partial charge in [-0.05, 0) is 12.5 Å². The molecule has 1 heterocycles. The van der Waals surface area contributed by atoms with Gasteiger partial charge in [0.05, 0.1) is 19.3 Å². The first-order valence-electron chi connectivity index (χ1n) is 8.74. The lowest BCUT2D eigenvalue weighted by atomic mass is 10.1. The second-order valence-electron chi connectivity index (χ2n) is 6.02. The Labute approximate surface area is 156 Å². The van der Waals surface area contributed by atoms with E-state index in [2.05, 4.69) is 10.2 Å². The number of hydrogen-bond donors (Lipinski definition) is 2. The molecule has 0 spiro atoms. The van der Waals surface area contributed by atoms with E-state index in [-0.39, 0.29) is 18.3 Å². The van der Waals surface area contributed by atoms with Crippen LogP contribution in [0, 0.1) is 0 Å². The fourth-order valence-electron chi connectivity index (χ4n) is 2.66.